The molecule has 1 N–H and O–H groups in total. The number of benzene rings is 2. The Hall–Kier alpha value is -2.35. The summed E-state index contributed by atoms with van der Waals surface area (Å²) >= 11 is 0. The maximum atomic E-state index is 4.29. The molecular formula is C18H16N2. The lowest BCUT2D eigenvalue weighted by molar-refractivity contribution is 1.11. The minimum atomic E-state index is 1.05. The highest BCUT2D eigenvalue weighted by Gasteiger charge is 2.12. The number of aryl methyl sites for hydroxylation is 1. The molecule has 0 radical (unpaired) electrons. The van der Waals surface area contributed by atoms with Gasteiger partial charge in [0.2, 0.25) is 0 Å². The van der Waals surface area contributed by atoms with E-state index in [9.17, 15) is 0 Å². The van der Waals surface area contributed by atoms with Crippen molar-refractivity contribution in [3.8, 4) is 11.1 Å². The van der Waals surface area contributed by atoms with E-state index in [1.54, 1.807) is 0 Å². The predicted octanol–water partition coefficient (Wildman–Crippen LogP) is 4.18. The van der Waals surface area contributed by atoms with Crippen LogP contribution >= 0.6 is 0 Å². The fraction of sp³-hybridized carbons (Fsp3) is 0.167. The Morgan fingerprint density at radius 3 is 3.00 bits per heavy atom. The molecule has 0 unspecified atom stereocenters. The SMILES string of the molecule is Cc1cc(-c2ccc3c(c2)CCN3)c2cnccc2c1. The number of aromatic nitrogens is 1. The molecule has 0 aliphatic carbocycles. The van der Waals surface area contributed by atoms with Crippen LogP contribution in [0.5, 0.6) is 0 Å². The van der Waals surface area contributed by atoms with Gasteiger partial charge in [0.1, 0.15) is 0 Å². The first-order valence-corrected chi connectivity index (χ1v) is 7.03. The number of hydrogen-bond donors (Lipinski definition) is 1. The summed E-state index contributed by atoms with van der Waals surface area (Å²) < 4.78 is 0. The number of fused-ring (bicyclic) bond motifs is 2. The van der Waals surface area contributed by atoms with E-state index in [-0.39, 0.29) is 0 Å². The Morgan fingerprint density at radius 1 is 1.10 bits per heavy atom. The topological polar surface area (TPSA) is 24.9 Å². The fourth-order valence-electron chi connectivity index (χ4n) is 3.06. The van der Waals surface area contributed by atoms with Crippen LogP contribution < -0.4 is 5.32 Å². The lowest BCUT2D eigenvalue weighted by atomic mass is 9.95. The van der Waals surface area contributed by atoms with Gasteiger partial charge < -0.3 is 5.32 Å². The number of rotatable bonds is 1. The van der Waals surface area contributed by atoms with Crippen molar-refractivity contribution in [2.45, 2.75) is 13.3 Å². The normalized spacial score (nSPS) is 13.2. The molecule has 4 rings (SSSR count). The average Bonchev–Trinajstić information content (AvgIpc) is 2.93. The summed E-state index contributed by atoms with van der Waals surface area (Å²) in [7, 11) is 0. The van der Waals surface area contributed by atoms with Gasteiger partial charge in [0, 0.05) is 30.0 Å². The van der Waals surface area contributed by atoms with Crippen LogP contribution in [-0.4, -0.2) is 11.5 Å². The van der Waals surface area contributed by atoms with Gasteiger partial charge in [0.15, 0.2) is 0 Å². The molecular weight excluding hydrogens is 244 g/mol. The van der Waals surface area contributed by atoms with Crippen molar-refractivity contribution in [1.82, 2.24) is 4.98 Å². The van der Waals surface area contributed by atoms with E-state index >= 15 is 0 Å². The van der Waals surface area contributed by atoms with Gasteiger partial charge in [-0.15, -0.1) is 0 Å². The van der Waals surface area contributed by atoms with E-state index in [0.717, 1.165) is 13.0 Å². The number of hydrogen-bond acceptors (Lipinski definition) is 2. The van der Waals surface area contributed by atoms with E-state index in [4.69, 9.17) is 0 Å². The number of pyridine rings is 1. The summed E-state index contributed by atoms with van der Waals surface area (Å²) in [6.07, 6.45) is 4.94. The van der Waals surface area contributed by atoms with Crippen LogP contribution in [0, 0.1) is 6.92 Å². The third kappa shape index (κ3) is 1.76. The molecule has 3 aromatic rings. The molecule has 0 fully saturated rings. The second-order valence-electron chi connectivity index (χ2n) is 5.46. The van der Waals surface area contributed by atoms with Crippen LogP contribution in [0.15, 0.2) is 48.8 Å². The lowest BCUT2D eigenvalue weighted by Gasteiger charge is -2.10. The number of nitrogens with one attached hydrogen (secondary N) is 1. The highest BCUT2D eigenvalue weighted by atomic mass is 14.9. The molecule has 0 amide bonds. The van der Waals surface area contributed by atoms with Crippen molar-refractivity contribution in [2.75, 3.05) is 11.9 Å². The molecule has 2 aromatic carbocycles. The Bertz CT molecular complexity index is 806. The molecule has 98 valence electrons. The minimum absolute atomic E-state index is 1.05. The average molecular weight is 260 g/mol. The molecule has 1 aromatic heterocycles. The van der Waals surface area contributed by atoms with Gasteiger partial charge in [-0.3, -0.25) is 4.98 Å². The van der Waals surface area contributed by atoms with Crippen LogP contribution in [0.4, 0.5) is 5.69 Å². The summed E-state index contributed by atoms with van der Waals surface area (Å²) in [5.41, 5.74) is 6.55. The van der Waals surface area contributed by atoms with Crippen molar-refractivity contribution in [1.29, 1.82) is 0 Å². The van der Waals surface area contributed by atoms with Crippen LogP contribution in [0.1, 0.15) is 11.1 Å². The van der Waals surface area contributed by atoms with Gasteiger partial charge in [-0.1, -0.05) is 18.2 Å². The summed E-state index contributed by atoms with van der Waals surface area (Å²) in [6, 6.07) is 13.3. The zero-order chi connectivity index (χ0) is 13.5. The highest BCUT2D eigenvalue weighted by molar-refractivity contribution is 5.97. The third-order valence-electron chi connectivity index (χ3n) is 4.03. The molecule has 2 heteroatoms. The van der Waals surface area contributed by atoms with Crippen molar-refractivity contribution in [3.63, 3.8) is 0 Å². The summed E-state index contributed by atoms with van der Waals surface area (Å²) in [5.74, 6) is 0. The molecule has 0 bridgehead atoms. The minimum Gasteiger partial charge on any atom is -0.384 e. The first kappa shape index (κ1) is 11.5. The van der Waals surface area contributed by atoms with Crippen molar-refractivity contribution >= 4 is 16.5 Å². The largest absolute Gasteiger partial charge is 0.384 e. The van der Waals surface area contributed by atoms with Gasteiger partial charge in [-0.25, -0.2) is 0 Å². The summed E-state index contributed by atoms with van der Waals surface area (Å²) in [5, 5.41) is 5.90. The van der Waals surface area contributed by atoms with E-state index in [1.165, 1.54) is 38.7 Å². The van der Waals surface area contributed by atoms with Crippen LogP contribution in [0.3, 0.4) is 0 Å². The zero-order valence-corrected chi connectivity index (χ0v) is 11.5. The highest BCUT2D eigenvalue weighted by Crippen LogP contribution is 2.33. The van der Waals surface area contributed by atoms with E-state index < -0.39 is 0 Å². The predicted molar refractivity (Wildman–Crippen MR) is 84.1 cm³/mol. The lowest BCUT2D eigenvalue weighted by Crippen LogP contribution is -1.90. The second kappa shape index (κ2) is 4.34. The Labute approximate surface area is 118 Å². The Morgan fingerprint density at radius 2 is 2.05 bits per heavy atom. The number of anilines is 1. The van der Waals surface area contributed by atoms with E-state index in [2.05, 4.69) is 53.6 Å². The first-order chi connectivity index (χ1) is 9.81. The smallest absolute Gasteiger partial charge is 0.0373 e. The molecule has 1 aliphatic rings. The monoisotopic (exact) mass is 260 g/mol. The van der Waals surface area contributed by atoms with Crippen LogP contribution in [-0.2, 0) is 6.42 Å². The standard InChI is InChI=1S/C18H16N2/c1-12-8-14-4-6-19-11-17(14)16(9-12)13-2-3-18-15(10-13)5-7-20-18/h2-4,6,8-11,20H,5,7H2,1H3. The Balaban J connectivity index is 1.98. The molecule has 2 nitrogen and oxygen atoms in total. The quantitative estimate of drug-likeness (QED) is 0.710. The van der Waals surface area contributed by atoms with Gasteiger partial charge in [-0.2, -0.15) is 0 Å². The van der Waals surface area contributed by atoms with Crippen LogP contribution in [0.2, 0.25) is 0 Å². The molecule has 0 atom stereocenters. The fourth-order valence-corrected chi connectivity index (χ4v) is 3.06. The third-order valence-corrected chi connectivity index (χ3v) is 4.03. The summed E-state index contributed by atoms with van der Waals surface area (Å²) in [6.45, 7) is 3.20. The van der Waals surface area contributed by atoms with Gasteiger partial charge in [0.25, 0.3) is 0 Å². The molecule has 0 spiro atoms. The maximum absolute atomic E-state index is 4.29. The molecule has 20 heavy (non-hydrogen) atoms. The molecule has 1 aliphatic heterocycles. The number of nitrogens with zero attached hydrogens (tertiary/aromatic N) is 1. The van der Waals surface area contributed by atoms with Gasteiger partial charge in [-0.05, 0) is 59.2 Å². The summed E-state index contributed by atoms with van der Waals surface area (Å²) in [4.78, 5) is 4.29. The molecule has 2 heterocycles. The van der Waals surface area contributed by atoms with Crippen molar-refractivity contribution in [3.05, 3.63) is 59.9 Å². The van der Waals surface area contributed by atoms with Gasteiger partial charge in [0.05, 0.1) is 0 Å². The first-order valence-electron chi connectivity index (χ1n) is 7.03. The van der Waals surface area contributed by atoms with Crippen molar-refractivity contribution < 1.29 is 0 Å². The van der Waals surface area contributed by atoms with Crippen molar-refractivity contribution in [2.24, 2.45) is 0 Å². The zero-order valence-electron chi connectivity index (χ0n) is 11.5. The Kier molecular flexibility index (Phi) is 2.49. The maximum Gasteiger partial charge on any atom is 0.0373 e. The molecule has 0 saturated carbocycles. The van der Waals surface area contributed by atoms with E-state index in [1.807, 2.05) is 12.4 Å². The molecule has 0 saturated heterocycles. The van der Waals surface area contributed by atoms with Crippen LogP contribution in [0.25, 0.3) is 21.9 Å². The van der Waals surface area contributed by atoms with Gasteiger partial charge >= 0.3 is 0 Å². The van der Waals surface area contributed by atoms with E-state index in [0.29, 0.717) is 0 Å². The second-order valence-corrected chi connectivity index (χ2v) is 5.46.